The smallest absolute Gasteiger partial charge is 0.256 e. The van der Waals surface area contributed by atoms with Crippen LogP contribution in [0.5, 0.6) is 0 Å². The second-order valence-corrected chi connectivity index (χ2v) is 7.10. The van der Waals surface area contributed by atoms with Crippen molar-refractivity contribution in [2.24, 2.45) is 0 Å². The summed E-state index contributed by atoms with van der Waals surface area (Å²) in [5.41, 5.74) is 0.809. The molecule has 2 N–H and O–H groups in total. The molecule has 4 nitrogen and oxygen atoms in total. The van der Waals surface area contributed by atoms with Gasteiger partial charge in [0.25, 0.3) is 5.91 Å². The molecule has 1 atom stereocenters. The van der Waals surface area contributed by atoms with Crippen LogP contribution in [-0.2, 0) is 17.9 Å². The van der Waals surface area contributed by atoms with E-state index >= 15 is 0 Å². The van der Waals surface area contributed by atoms with Crippen molar-refractivity contribution in [2.45, 2.75) is 38.5 Å². The number of rotatable bonds is 6. The monoisotopic (exact) mass is 374 g/mol. The van der Waals surface area contributed by atoms with Gasteiger partial charge in [0.2, 0.25) is 0 Å². The zero-order chi connectivity index (χ0) is 19.4. The van der Waals surface area contributed by atoms with Crippen molar-refractivity contribution >= 4 is 5.91 Å². The molecule has 1 aliphatic rings. The first kappa shape index (κ1) is 19.5. The van der Waals surface area contributed by atoms with E-state index in [2.05, 4.69) is 5.32 Å². The van der Waals surface area contributed by atoms with Crippen molar-refractivity contribution in [1.29, 1.82) is 0 Å². The lowest BCUT2D eigenvalue weighted by Gasteiger charge is -2.38. The summed E-state index contributed by atoms with van der Waals surface area (Å²) in [6.45, 7) is 3.02. The van der Waals surface area contributed by atoms with E-state index in [0.717, 1.165) is 17.2 Å². The Morgan fingerprint density at radius 3 is 2.67 bits per heavy atom. The number of halogens is 2. The maximum Gasteiger partial charge on any atom is 0.256 e. The van der Waals surface area contributed by atoms with Gasteiger partial charge in [0.15, 0.2) is 17.2 Å². The van der Waals surface area contributed by atoms with Gasteiger partial charge >= 0.3 is 0 Å². The minimum absolute atomic E-state index is 0.0530. The van der Waals surface area contributed by atoms with Gasteiger partial charge in [-0.1, -0.05) is 36.4 Å². The second-order valence-electron chi connectivity index (χ2n) is 7.10. The normalized spacial score (nSPS) is 20.1. The van der Waals surface area contributed by atoms with Crippen LogP contribution in [0.1, 0.15) is 29.5 Å². The first-order valence-electron chi connectivity index (χ1n) is 9.10. The number of benzene rings is 2. The Morgan fingerprint density at radius 1 is 1.15 bits per heavy atom. The zero-order valence-corrected chi connectivity index (χ0v) is 15.3. The lowest BCUT2D eigenvalue weighted by molar-refractivity contribution is -0.157. The molecule has 1 fully saturated rings. The average Bonchev–Trinajstić information content (AvgIpc) is 2.64. The highest BCUT2D eigenvalue weighted by molar-refractivity contribution is 5.86. The van der Waals surface area contributed by atoms with Crippen LogP contribution >= 0.6 is 0 Å². The Balaban J connectivity index is 1.64. The molecule has 0 aromatic heterocycles. The molecule has 2 aromatic rings. The number of carbonyl (C=O) groups excluding carboxylic acids is 1. The number of nitrogens with zero attached hydrogens (tertiary/aromatic N) is 1. The highest BCUT2D eigenvalue weighted by Gasteiger charge is 2.41. The van der Waals surface area contributed by atoms with Gasteiger partial charge in [0.1, 0.15) is 0 Å². The molecule has 2 aromatic carbocycles. The lowest BCUT2D eigenvalue weighted by atomic mass is 9.91. The predicted molar refractivity (Wildman–Crippen MR) is 98.8 cm³/mol. The third-order valence-electron chi connectivity index (χ3n) is 5.09. The number of hydrogen-bond donors (Lipinski definition) is 2. The van der Waals surface area contributed by atoms with E-state index in [4.69, 9.17) is 0 Å². The Labute approximate surface area is 157 Å². The fourth-order valence-corrected chi connectivity index (χ4v) is 3.47. The van der Waals surface area contributed by atoms with E-state index in [1.54, 1.807) is 0 Å². The molecule has 3 rings (SSSR count). The Morgan fingerprint density at radius 2 is 1.89 bits per heavy atom. The van der Waals surface area contributed by atoms with E-state index in [1.165, 1.54) is 17.0 Å². The number of aryl methyl sites for hydroxylation is 1. The SMILES string of the molecule is Cc1ccccc1CNCC1(O)CCCN(Cc2cccc(F)c2F)C1=O. The summed E-state index contributed by atoms with van der Waals surface area (Å²) in [5.74, 6) is -2.33. The standard InChI is InChI=1S/C21H24F2N2O2/c1-15-6-2-3-7-16(15)12-24-14-21(27)10-5-11-25(20(21)26)13-17-8-4-9-18(22)19(17)23/h2-4,6-9,24,27H,5,10-14H2,1H3. The fraction of sp³-hybridized carbons (Fsp3) is 0.381. The minimum atomic E-state index is -1.54. The summed E-state index contributed by atoms with van der Waals surface area (Å²) in [4.78, 5) is 14.2. The Kier molecular flexibility index (Phi) is 5.87. The maximum atomic E-state index is 13.9. The topological polar surface area (TPSA) is 52.6 Å². The molecule has 1 aliphatic heterocycles. The fourth-order valence-electron chi connectivity index (χ4n) is 3.47. The van der Waals surface area contributed by atoms with Crippen LogP contribution in [0.3, 0.4) is 0 Å². The van der Waals surface area contributed by atoms with Gasteiger partial charge in [-0.25, -0.2) is 8.78 Å². The number of amides is 1. The number of likely N-dealkylation sites (tertiary alicyclic amines) is 1. The van der Waals surface area contributed by atoms with Gasteiger partial charge in [-0.05, 0) is 37.0 Å². The molecule has 0 aliphatic carbocycles. The molecule has 0 radical (unpaired) electrons. The van der Waals surface area contributed by atoms with Gasteiger partial charge in [-0.2, -0.15) is 0 Å². The van der Waals surface area contributed by atoms with E-state index in [0.29, 0.717) is 25.9 Å². The van der Waals surface area contributed by atoms with Crippen LogP contribution in [0.15, 0.2) is 42.5 Å². The van der Waals surface area contributed by atoms with E-state index in [9.17, 15) is 18.7 Å². The van der Waals surface area contributed by atoms with E-state index < -0.39 is 23.1 Å². The number of hydrogen-bond acceptors (Lipinski definition) is 3. The van der Waals surface area contributed by atoms with Crippen LogP contribution in [0, 0.1) is 18.6 Å². The van der Waals surface area contributed by atoms with Crippen LogP contribution in [0.2, 0.25) is 0 Å². The highest BCUT2D eigenvalue weighted by atomic mass is 19.2. The maximum absolute atomic E-state index is 13.9. The molecule has 27 heavy (non-hydrogen) atoms. The van der Waals surface area contributed by atoms with Crippen LogP contribution in [-0.4, -0.2) is 34.6 Å². The Hall–Kier alpha value is -2.31. The molecule has 144 valence electrons. The molecule has 0 saturated carbocycles. The number of nitrogens with one attached hydrogen (secondary N) is 1. The molecule has 1 heterocycles. The summed E-state index contributed by atoms with van der Waals surface area (Å²) in [6, 6.07) is 11.8. The molecule has 0 spiro atoms. The second kappa shape index (κ2) is 8.15. The number of piperidine rings is 1. The van der Waals surface area contributed by atoms with Crippen LogP contribution in [0.4, 0.5) is 8.78 Å². The lowest BCUT2D eigenvalue weighted by Crippen LogP contribution is -2.57. The largest absolute Gasteiger partial charge is 0.379 e. The van der Waals surface area contributed by atoms with E-state index in [1.807, 2.05) is 31.2 Å². The Bertz CT molecular complexity index is 828. The van der Waals surface area contributed by atoms with Gasteiger partial charge < -0.3 is 15.3 Å². The number of carbonyl (C=O) groups is 1. The highest BCUT2D eigenvalue weighted by Crippen LogP contribution is 2.25. The zero-order valence-electron chi connectivity index (χ0n) is 15.3. The van der Waals surface area contributed by atoms with Crippen molar-refractivity contribution in [3.05, 3.63) is 70.8 Å². The van der Waals surface area contributed by atoms with Crippen molar-refractivity contribution in [3.63, 3.8) is 0 Å². The van der Waals surface area contributed by atoms with Crippen molar-refractivity contribution in [2.75, 3.05) is 13.1 Å². The van der Waals surface area contributed by atoms with E-state index in [-0.39, 0.29) is 18.7 Å². The molecule has 6 heteroatoms. The third kappa shape index (κ3) is 4.34. The van der Waals surface area contributed by atoms with Crippen molar-refractivity contribution in [1.82, 2.24) is 10.2 Å². The quantitative estimate of drug-likeness (QED) is 0.818. The van der Waals surface area contributed by atoms with Crippen molar-refractivity contribution in [3.8, 4) is 0 Å². The summed E-state index contributed by atoms with van der Waals surface area (Å²) < 4.78 is 27.3. The van der Waals surface area contributed by atoms with Crippen LogP contribution < -0.4 is 5.32 Å². The molecular weight excluding hydrogens is 350 g/mol. The van der Waals surface area contributed by atoms with Crippen LogP contribution in [0.25, 0.3) is 0 Å². The van der Waals surface area contributed by atoms with Gasteiger partial charge in [-0.15, -0.1) is 0 Å². The summed E-state index contributed by atoms with van der Waals surface area (Å²) in [5, 5.41) is 14.0. The third-order valence-corrected chi connectivity index (χ3v) is 5.09. The molecule has 0 bridgehead atoms. The van der Waals surface area contributed by atoms with Gasteiger partial charge in [0.05, 0.1) is 0 Å². The summed E-state index contributed by atoms with van der Waals surface area (Å²) >= 11 is 0. The first-order chi connectivity index (χ1) is 12.9. The van der Waals surface area contributed by atoms with Crippen molar-refractivity contribution < 1.29 is 18.7 Å². The van der Waals surface area contributed by atoms with Gasteiger partial charge in [0, 0.05) is 31.7 Å². The number of aliphatic hydroxyl groups is 1. The molecule has 1 amide bonds. The first-order valence-corrected chi connectivity index (χ1v) is 9.10. The minimum Gasteiger partial charge on any atom is -0.379 e. The average molecular weight is 374 g/mol. The predicted octanol–water partition coefficient (Wildman–Crippen LogP) is 2.92. The molecule has 1 saturated heterocycles. The van der Waals surface area contributed by atoms with Gasteiger partial charge in [-0.3, -0.25) is 4.79 Å². The molecule has 1 unspecified atom stereocenters. The summed E-state index contributed by atoms with van der Waals surface area (Å²) in [6.07, 6.45) is 0.944. The summed E-state index contributed by atoms with van der Waals surface area (Å²) in [7, 11) is 0. The molecular formula is C21H24F2N2O2.